The summed E-state index contributed by atoms with van der Waals surface area (Å²) in [5, 5.41) is 11.8. The average molecular weight is 448 g/mol. The Labute approximate surface area is 192 Å². The third kappa shape index (κ3) is 4.74. The highest BCUT2D eigenvalue weighted by atomic mass is 16.2. The van der Waals surface area contributed by atoms with E-state index in [-0.39, 0.29) is 30.2 Å². The van der Waals surface area contributed by atoms with Crippen molar-refractivity contribution in [1.82, 2.24) is 20.0 Å². The Morgan fingerprint density at radius 2 is 1.85 bits per heavy atom. The van der Waals surface area contributed by atoms with Crippen LogP contribution in [0.5, 0.6) is 0 Å². The third-order valence-corrected chi connectivity index (χ3v) is 6.30. The minimum absolute atomic E-state index is 0.0652. The van der Waals surface area contributed by atoms with Crippen molar-refractivity contribution in [3.63, 3.8) is 0 Å². The lowest BCUT2D eigenvalue weighted by Gasteiger charge is -2.32. The van der Waals surface area contributed by atoms with Gasteiger partial charge < -0.3 is 15.5 Å². The predicted molar refractivity (Wildman–Crippen MR) is 127 cm³/mol. The van der Waals surface area contributed by atoms with E-state index in [0.29, 0.717) is 30.8 Å². The third-order valence-electron chi connectivity index (χ3n) is 6.30. The van der Waals surface area contributed by atoms with Crippen molar-refractivity contribution in [3.8, 4) is 0 Å². The number of aryl methyl sites for hydroxylation is 2. The van der Waals surface area contributed by atoms with Gasteiger partial charge in [-0.3, -0.25) is 19.1 Å². The Hall–Kier alpha value is -3.68. The van der Waals surface area contributed by atoms with E-state index >= 15 is 0 Å². The number of rotatable bonds is 5. The van der Waals surface area contributed by atoms with E-state index in [1.54, 1.807) is 9.58 Å². The first kappa shape index (κ1) is 22.5. The lowest BCUT2D eigenvalue weighted by molar-refractivity contribution is -0.128. The molecular weight excluding hydrogens is 418 g/mol. The van der Waals surface area contributed by atoms with Gasteiger partial charge in [-0.15, -0.1) is 0 Å². The first-order valence-electron chi connectivity index (χ1n) is 11.2. The second-order valence-corrected chi connectivity index (χ2v) is 8.55. The molecule has 4 rings (SSSR count). The van der Waals surface area contributed by atoms with Gasteiger partial charge in [0.05, 0.1) is 29.5 Å². The van der Waals surface area contributed by atoms with E-state index in [9.17, 15) is 14.4 Å². The molecular formula is C25H29N5O3. The molecule has 0 saturated carbocycles. The van der Waals surface area contributed by atoms with E-state index in [4.69, 9.17) is 0 Å². The Bertz CT molecular complexity index is 1210. The highest BCUT2D eigenvalue weighted by Gasteiger charge is 2.29. The predicted octanol–water partition coefficient (Wildman–Crippen LogP) is 2.80. The number of hydrogen-bond donors (Lipinski definition) is 2. The summed E-state index contributed by atoms with van der Waals surface area (Å²) in [5.74, 6) is -0.917. The molecule has 0 radical (unpaired) electrons. The van der Waals surface area contributed by atoms with Gasteiger partial charge in [0.25, 0.3) is 5.91 Å². The minimum atomic E-state index is -0.340. The van der Waals surface area contributed by atoms with Crippen LogP contribution < -0.4 is 10.6 Å². The second-order valence-electron chi connectivity index (χ2n) is 8.55. The molecule has 1 saturated heterocycles. The molecule has 1 aliphatic rings. The number of carbonyl (C=O) groups excluding carboxylic acids is 3. The number of carbonyl (C=O) groups is 3. The van der Waals surface area contributed by atoms with Crippen LogP contribution in [0.2, 0.25) is 0 Å². The van der Waals surface area contributed by atoms with Crippen molar-refractivity contribution in [3.05, 3.63) is 59.4 Å². The van der Waals surface area contributed by atoms with Gasteiger partial charge in [0.15, 0.2) is 0 Å². The standard InChI is InChI=1S/C25H29N5O3/c1-16-23(17(2)29(3)28-16)27-22(31)14-26-24(32)19-10-7-13-30(15-19)25(33)21-12-6-9-18-8-4-5-11-20(18)21/h4-6,8-9,11-12,19H,7,10,13-15H2,1-3H3,(H,26,32)(H,27,31)/t19-/m0/s1. The molecule has 8 heteroatoms. The van der Waals surface area contributed by atoms with Crippen LogP contribution in [0.25, 0.3) is 10.8 Å². The highest BCUT2D eigenvalue weighted by Crippen LogP contribution is 2.24. The monoisotopic (exact) mass is 447 g/mol. The molecule has 1 atom stereocenters. The molecule has 33 heavy (non-hydrogen) atoms. The van der Waals surface area contributed by atoms with Crippen LogP contribution in [0.1, 0.15) is 34.6 Å². The van der Waals surface area contributed by atoms with Crippen LogP contribution in [0.15, 0.2) is 42.5 Å². The van der Waals surface area contributed by atoms with E-state index in [0.717, 1.165) is 28.6 Å². The van der Waals surface area contributed by atoms with Crippen molar-refractivity contribution in [2.75, 3.05) is 25.0 Å². The number of anilines is 1. The average Bonchev–Trinajstić information content (AvgIpc) is 3.07. The summed E-state index contributed by atoms with van der Waals surface area (Å²) in [4.78, 5) is 40.1. The van der Waals surface area contributed by atoms with E-state index in [2.05, 4.69) is 15.7 Å². The van der Waals surface area contributed by atoms with Crippen LogP contribution in [0.4, 0.5) is 5.69 Å². The number of nitrogens with one attached hydrogen (secondary N) is 2. The van der Waals surface area contributed by atoms with Crippen LogP contribution in [-0.4, -0.2) is 52.0 Å². The summed E-state index contributed by atoms with van der Waals surface area (Å²) in [6.45, 7) is 4.53. The van der Waals surface area contributed by atoms with Gasteiger partial charge in [-0.2, -0.15) is 5.10 Å². The largest absolute Gasteiger partial charge is 0.347 e. The topological polar surface area (TPSA) is 96.3 Å². The molecule has 3 amide bonds. The molecule has 0 unspecified atom stereocenters. The number of benzene rings is 2. The molecule has 2 N–H and O–H groups in total. The minimum Gasteiger partial charge on any atom is -0.347 e. The van der Waals surface area contributed by atoms with Crippen molar-refractivity contribution < 1.29 is 14.4 Å². The molecule has 8 nitrogen and oxygen atoms in total. The fraction of sp³-hybridized carbons (Fsp3) is 0.360. The molecule has 172 valence electrons. The lowest BCUT2D eigenvalue weighted by Crippen LogP contribution is -2.46. The lowest BCUT2D eigenvalue weighted by atomic mass is 9.95. The smallest absolute Gasteiger partial charge is 0.254 e. The Kier molecular flexibility index (Phi) is 6.44. The molecule has 2 heterocycles. The normalized spacial score (nSPS) is 16.0. The van der Waals surface area contributed by atoms with Crippen molar-refractivity contribution >= 4 is 34.2 Å². The fourth-order valence-corrected chi connectivity index (χ4v) is 4.41. The zero-order valence-electron chi connectivity index (χ0n) is 19.2. The number of hydrogen-bond acceptors (Lipinski definition) is 4. The maximum atomic E-state index is 13.2. The van der Waals surface area contributed by atoms with E-state index in [1.807, 2.05) is 63.4 Å². The summed E-state index contributed by atoms with van der Waals surface area (Å²) >= 11 is 0. The number of likely N-dealkylation sites (tertiary alicyclic amines) is 1. The molecule has 0 bridgehead atoms. The zero-order chi connectivity index (χ0) is 23.5. The van der Waals surface area contributed by atoms with E-state index < -0.39 is 0 Å². The quantitative estimate of drug-likeness (QED) is 0.629. The molecule has 1 aliphatic heterocycles. The van der Waals surface area contributed by atoms with Gasteiger partial charge in [-0.25, -0.2) is 0 Å². The van der Waals surface area contributed by atoms with Crippen LogP contribution in [0, 0.1) is 19.8 Å². The second kappa shape index (κ2) is 9.44. The maximum Gasteiger partial charge on any atom is 0.254 e. The first-order valence-corrected chi connectivity index (χ1v) is 11.2. The first-order chi connectivity index (χ1) is 15.8. The summed E-state index contributed by atoms with van der Waals surface area (Å²) in [7, 11) is 1.81. The molecule has 1 aromatic heterocycles. The molecule has 0 aliphatic carbocycles. The van der Waals surface area contributed by atoms with Crippen molar-refractivity contribution in [1.29, 1.82) is 0 Å². The number of fused-ring (bicyclic) bond motifs is 1. The van der Waals surface area contributed by atoms with Gasteiger partial charge in [-0.05, 0) is 43.5 Å². The number of amides is 3. The van der Waals surface area contributed by atoms with Gasteiger partial charge in [0.2, 0.25) is 11.8 Å². The molecule has 3 aromatic rings. The number of piperidine rings is 1. The molecule has 0 spiro atoms. The zero-order valence-corrected chi connectivity index (χ0v) is 19.2. The Morgan fingerprint density at radius 1 is 1.09 bits per heavy atom. The summed E-state index contributed by atoms with van der Waals surface area (Å²) < 4.78 is 1.70. The van der Waals surface area contributed by atoms with Crippen molar-refractivity contribution in [2.24, 2.45) is 13.0 Å². The highest BCUT2D eigenvalue weighted by molar-refractivity contribution is 6.07. The van der Waals surface area contributed by atoms with Gasteiger partial charge >= 0.3 is 0 Å². The number of aromatic nitrogens is 2. The van der Waals surface area contributed by atoms with Crippen LogP contribution in [-0.2, 0) is 16.6 Å². The van der Waals surface area contributed by atoms with Gasteiger partial charge in [-0.1, -0.05) is 36.4 Å². The number of nitrogens with zero attached hydrogens (tertiary/aromatic N) is 3. The fourth-order valence-electron chi connectivity index (χ4n) is 4.41. The Balaban J connectivity index is 1.36. The summed E-state index contributed by atoms with van der Waals surface area (Å²) in [6.07, 6.45) is 1.43. The molecule has 1 fully saturated rings. The van der Waals surface area contributed by atoms with Gasteiger partial charge in [0, 0.05) is 25.7 Å². The summed E-state index contributed by atoms with van der Waals surface area (Å²) in [6, 6.07) is 13.5. The summed E-state index contributed by atoms with van der Waals surface area (Å²) in [5.41, 5.74) is 2.89. The maximum absolute atomic E-state index is 13.2. The molecule has 2 aromatic carbocycles. The van der Waals surface area contributed by atoms with Gasteiger partial charge in [0.1, 0.15) is 0 Å². The van der Waals surface area contributed by atoms with Crippen molar-refractivity contribution in [2.45, 2.75) is 26.7 Å². The SMILES string of the molecule is Cc1nn(C)c(C)c1NC(=O)CNC(=O)[C@H]1CCCN(C(=O)c2cccc3ccccc23)C1. The Morgan fingerprint density at radius 3 is 2.61 bits per heavy atom. The van der Waals surface area contributed by atoms with E-state index in [1.165, 1.54) is 0 Å². The van der Waals surface area contributed by atoms with Crippen LogP contribution >= 0.6 is 0 Å². The van der Waals surface area contributed by atoms with Crippen LogP contribution in [0.3, 0.4) is 0 Å².